The molecule has 2 heterocycles. The molecule has 9 nitrogen and oxygen atoms in total. The Morgan fingerprint density at radius 1 is 1.43 bits per heavy atom. The van der Waals surface area contributed by atoms with Gasteiger partial charge in [0.25, 0.3) is 5.69 Å². The van der Waals surface area contributed by atoms with Gasteiger partial charge < -0.3 is 15.7 Å². The van der Waals surface area contributed by atoms with Crippen LogP contribution in [0.25, 0.3) is 0 Å². The van der Waals surface area contributed by atoms with Crippen LogP contribution in [-0.4, -0.2) is 25.9 Å². The number of nitro groups is 1. The molecule has 0 unspecified atom stereocenters. The van der Waals surface area contributed by atoms with Crippen LogP contribution in [-0.2, 0) is 0 Å². The van der Waals surface area contributed by atoms with Crippen molar-refractivity contribution >= 4 is 27.5 Å². The number of oxime groups is 1. The van der Waals surface area contributed by atoms with E-state index in [4.69, 9.17) is 15.7 Å². The first-order chi connectivity index (χ1) is 10.0. The molecule has 3 N–H and O–H groups in total. The number of hydrogen-bond donors (Lipinski definition) is 2. The van der Waals surface area contributed by atoms with Gasteiger partial charge >= 0.3 is 0 Å². The minimum absolute atomic E-state index is 0.00771. The number of nitrogens with zero attached hydrogens (tertiary/aromatic N) is 4. The minimum atomic E-state index is -0.647. The maximum absolute atomic E-state index is 10.7. The number of rotatable bonds is 4. The Labute approximate surface area is 126 Å². The summed E-state index contributed by atoms with van der Waals surface area (Å²) in [5, 5.41) is 22.3. The van der Waals surface area contributed by atoms with Gasteiger partial charge in [0.2, 0.25) is 5.88 Å². The van der Waals surface area contributed by atoms with Crippen molar-refractivity contribution in [3.05, 3.63) is 50.9 Å². The molecule has 0 saturated carbocycles. The molecule has 0 aliphatic heterocycles. The summed E-state index contributed by atoms with van der Waals surface area (Å²) in [5.41, 5.74) is 5.16. The van der Waals surface area contributed by atoms with Crippen LogP contribution in [0, 0.1) is 10.1 Å². The second-order valence-corrected chi connectivity index (χ2v) is 4.65. The second-order valence-electron chi connectivity index (χ2n) is 3.73. The standard InChI is InChI=1S/C11H8BrN5O4/c12-6-1-8(5-14-3-6)21-11-9(10(13)16-18)2-7(4-15-11)17(19)20/h1-5,18H,(H2,13,16). The van der Waals surface area contributed by atoms with Crippen molar-refractivity contribution in [1.82, 2.24) is 9.97 Å². The van der Waals surface area contributed by atoms with Crippen LogP contribution < -0.4 is 10.5 Å². The zero-order valence-electron chi connectivity index (χ0n) is 10.3. The van der Waals surface area contributed by atoms with Crippen molar-refractivity contribution in [2.45, 2.75) is 0 Å². The number of amidine groups is 1. The summed E-state index contributed by atoms with van der Waals surface area (Å²) >= 11 is 3.23. The fourth-order valence-corrected chi connectivity index (χ4v) is 1.76. The van der Waals surface area contributed by atoms with Crippen LogP contribution in [0.5, 0.6) is 11.6 Å². The van der Waals surface area contributed by atoms with Gasteiger partial charge in [-0.15, -0.1) is 0 Å². The molecule has 108 valence electrons. The number of pyridine rings is 2. The van der Waals surface area contributed by atoms with Gasteiger partial charge in [0.1, 0.15) is 11.9 Å². The van der Waals surface area contributed by atoms with E-state index in [1.165, 1.54) is 6.20 Å². The van der Waals surface area contributed by atoms with Crippen LogP contribution in [0.4, 0.5) is 5.69 Å². The third-order valence-corrected chi connectivity index (χ3v) is 2.76. The molecule has 0 aliphatic rings. The van der Waals surface area contributed by atoms with Crippen LogP contribution in [0.15, 0.2) is 40.4 Å². The smallest absolute Gasteiger partial charge is 0.288 e. The highest BCUT2D eigenvalue weighted by Crippen LogP contribution is 2.27. The van der Waals surface area contributed by atoms with E-state index in [9.17, 15) is 10.1 Å². The van der Waals surface area contributed by atoms with Gasteiger partial charge in [-0.3, -0.25) is 15.1 Å². The lowest BCUT2D eigenvalue weighted by molar-refractivity contribution is -0.385. The molecule has 0 radical (unpaired) electrons. The summed E-state index contributed by atoms with van der Waals surface area (Å²) in [6, 6.07) is 2.72. The molecule has 2 aromatic rings. The maximum atomic E-state index is 10.7. The molecular formula is C11H8BrN5O4. The summed E-state index contributed by atoms with van der Waals surface area (Å²) in [6.07, 6.45) is 3.99. The van der Waals surface area contributed by atoms with Crippen molar-refractivity contribution < 1.29 is 14.9 Å². The Bertz CT molecular complexity index is 722. The average molecular weight is 354 g/mol. The van der Waals surface area contributed by atoms with Gasteiger partial charge in [0.05, 0.1) is 16.7 Å². The molecule has 2 aromatic heterocycles. The van der Waals surface area contributed by atoms with Crippen LogP contribution in [0.3, 0.4) is 0 Å². The summed E-state index contributed by atoms with van der Waals surface area (Å²) < 4.78 is 6.12. The molecule has 0 saturated heterocycles. The number of ether oxygens (including phenoxy) is 1. The van der Waals surface area contributed by atoms with E-state index >= 15 is 0 Å². The molecule has 0 atom stereocenters. The lowest BCUT2D eigenvalue weighted by atomic mass is 10.2. The molecule has 2 rings (SSSR count). The zero-order valence-corrected chi connectivity index (χ0v) is 11.9. The van der Waals surface area contributed by atoms with E-state index in [-0.39, 0.29) is 23.0 Å². The second kappa shape index (κ2) is 6.13. The van der Waals surface area contributed by atoms with Crippen LogP contribution >= 0.6 is 15.9 Å². The SMILES string of the molecule is NC(=NO)c1cc([N+](=O)[O-])cnc1Oc1cncc(Br)c1. The number of hydrogen-bond acceptors (Lipinski definition) is 7. The van der Waals surface area contributed by atoms with Crippen molar-refractivity contribution in [2.75, 3.05) is 0 Å². The van der Waals surface area contributed by atoms with Gasteiger partial charge in [0, 0.05) is 16.7 Å². The van der Waals surface area contributed by atoms with Crippen LogP contribution in [0.1, 0.15) is 5.56 Å². The first-order valence-electron chi connectivity index (χ1n) is 5.42. The summed E-state index contributed by atoms with van der Waals surface area (Å²) in [4.78, 5) is 17.8. The third-order valence-electron chi connectivity index (χ3n) is 2.33. The topological polar surface area (TPSA) is 137 Å². The lowest BCUT2D eigenvalue weighted by Crippen LogP contribution is -2.15. The third kappa shape index (κ3) is 3.42. The summed E-state index contributed by atoms with van der Waals surface area (Å²) in [6.45, 7) is 0. The Morgan fingerprint density at radius 3 is 2.81 bits per heavy atom. The maximum Gasteiger partial charge on any atom is 0.288 e. The number of aromatic nitrogens is 2. The average Bonchev–Trinajstić information content (AvgIpc) is 2.46. The molecule has 0 spiro atoms. The van der Waals surface area contributed by atoms with Gasteiger partial charge in [-0.25, -0.2) is 4.98 Å². The van der Waals surface area contributed by atoms with Gasteiger partial charge in [-0.1, -0.05) is 5.16 Å². The number of halogens is 1. The quantitative estimate of drug-likeness (QED) is 0.282. The van der Waals surface area contributed by atoms with E-state index in [2.05, 4.69) is 31.1 Å². The summed E-state index contributed by atoms with van der Waals surface area (Å²) in [5.74, 6) is -0.0716. The Morgan fingerprint density at radius 2 is 2.19 bits per heavy atom. The Kier molecular flexibility index (Phi) is 4.28. The van der Waals surface area contributed by atoms with E-state index in [1.807, 2.05) is 0 Å². The summed E-state index contributed by atoms with van der Waals surface area (Å²) in [7, 11) is 0. The molecule has 0 bridgehead atoms. The van der Waals surface area contributed by atoms with E-state index in [0.29, 0.717) is 10.2 Å². The predicted octanol–water partition coefficient (Wildman–Crippen LogP) is 2.03. The van der Waals surface area contributed by atoms with Crippen molar-refractivity contribution in [1.29, 1.82) is 0 Å². The molecule has 0 aliphatic carbocycles. The van der Waals surface area contributed by atoms with Gasteiger partial charge in [-0.2, -0.15) is 0 Å². The normalized spacial score (nSPS) is 11.2. The molecular weight excluding hydrogens is 346 g/mol. The Hall–Kier alpha value is -2.75. The number of nitrogens with two attached hydrogens (primary N) is 1. The fraction of sp³-hybridized carbons (Fsp3) is 0. The molecule has 0 amide bonds. The predicted molar refractivity (Wildman–Crippen MR) is 75.4 cm³/mol. The highest BCUT2D eigenvalue weighted by Gasteiger charge is 2.17. The van der Waals surface area contributed by atoms with Crippen molar-refractivity contribution in [2.24, 2.45) is 10.9 Å². The lowest BCUT2D eigenvalue weighted by Gasteiger charge is -2.08. The van der Waals surface area contributed by atoms with Gasteiger partial charge in [0.15, 0.2) is 5.84 Å². The highest BCUT2D eigenvalue weighted by atomic mass is 79.9. The molecule has 0 fully saturated rings. The van der Waals surface area contributed by atoms with E-state index in [1.54, 1.807) is 12.3 Å². The monoisotopic (exact) mass is 353 g/mol. The van der Waals surface area contributed by atoms with Gasteiger partial charge in [-0.05, 0) is 22.0 Å². The van der Waals surface area contributed by atoms with Crippen molar-refractivity contribution in [3.63, 3.8) is 0 Å². The minimum Gasteiger partial charge on any atom is -0.437 e. The Balaban J connectivity index is 2.45. The first-order valence-corrected chi connectivity index (χ1v) is 6.21. The first kappa shape index (κ1) is 14.7. The van der Waals surface area contributed by atoms with Crippen LogP contribution in [0.2, 0.25) is 0 Å². The van der Waals surface area contributed by atoms with E-state index < -0.39 is 4.92 Å². The largest absolute Gasteiger partial charge is 0.437 e. The molecule has 10 heteroatoms. The molecule has 0 aromatic carbocycles. The highest BCUT2D eigenvalue weighted by molar-refractivity contribution is 9.10. The van der Waals surface area contributed by atoms with E-state index in [0.717, 1.165) is 12.3 Å². The zero-order chi connectivity index (χ0) is 15.4. The fourth-order valence-electron chi connectivity index (χ4n) is 1.42. The van der Waals surface area contributed by atoms with Crippen molar-refractivity contribution in [3.8, 4) is 11.6 Å². The molecule has 21 heavy (non-hydrogen) atoms.